The zero-order chi connectivity index (χ0) is 21.4. The topological polar surface area (TPSA) is 123 Å². The van der Waals surface area contributed by atoms with Crippen molar-refractivity contribution in [2.45, 2.75) is 26.2 Å². The lowest BCUT2D eigenvalue weighted by atomic mass is 9.87. The van der Waals surface area contributed by atoms with Gasteiger partial charge in [0.1, 0.15) is 6.21 Å². The van der Waals surface area contributed by atoms with Gasteiger partial charge in [-0.05, 0) is 29.2 Å². The van der Waals surface area contributed by atoms with E-state index in [1.165, 1.54) is 24.3 Å². The molecule has 2 N–H and O–H groups in total. The van der Waals surface area contributed by atoms with E-state index in [2.05, 4.69) is 36.6 Å². The molecule has 29 heavy (non-hydrogen) atoms. The zero-order valence-electron chi connectivity index (χ0n) is 16.3. The molecule has 0 aliphatic rings. The summed E-state index contributed by atoms with van der Waals surface area (Å²) in [6.07, 6.45) is 0.838. The van der Waals surface area contributed by atoms with Gasteiger partial charge in [-0.25, -0.2) is 0 Å². The number of rotatable bonds is 7. The van der Waals surface area contributed by atoms with E-state index >= 15 is 0 Å². The molecule has 2 aromatic rings. The molecule has 0 aliphatic heterocycles. The van der Waals surface area contributed by atoms with Crippen molar-refractivity contribution in [1.29, 1.82) is 0 Å². The van der Waals surface area contributed by atoms with Gasteiger partial charge < -0.3 is 15.5 Å². The van der Waals surface area contributed by atoms with Gasteiger partial charge in [-0.15, -0.1) is 0 Å². The number of oxime groups is 1. The number of nitrogens with one attached hydrogen (secondary N) is 2. The Balaban J connectivity index is 1.77. The van der Waals surface area contributed by atoms with Crippen molar-refractivity contribution in [1.82, 2.24) is 0 Å². The molecular formula is C20H22N4O5. The minimum absolute atomic E-state index is 0.0195. The smallest absolute Gasteiger partial charge is 0.271 e. The van der Waals surface area contributed by atoms with E-state index in [9.17, 15) is 19.7 Å². The van der Waals surface area contributed by atoms with Crippen LogP contribution in [0.15, 0.2) is 53.7 Å². The van der Waals surface area contributed by atoms with E-state index in [4.69, 9.17) is 4.84 Å². The van der Waals surface area contributed by atoms with Crippen LogP contribution >= 0.6 is 0 Å². The number of carbonyl (C=O) groups excluding carboxylic acids is 2. The van der Waals surface area contributed by atoms with Crippen LogP contribution in [0.4, 0.5) is 17.1 Å². The summed E-state index contributed by atoms with van der Waals surface area (Å²) in [6, 6.07) is 12.9. The molecule has 0 bridgehead atoms. The number of hydrogen-bond acceptors (Lipinski definition) is 6. The monoisotopic (exact) mass is 398 g/mol. The molecule has 0 aliphatic carbocycles. The van der Waals surface area contributed by atoms with Crippen LogP contribution in [0, 0.1) is 10.1 Å². The Morgan fingerprint density at radius 2 is 1.79 bits per heavy atom. The van der Waals surface area contributed by atoms with Gasteiger partial charge in [-0.3, -0.25) is 19.7 Å². The fourth-order valence-corrected chi connectivity index (χ4v) is 2.30. The fourth-order valence-electron chi connectivity index (χ4n) is 2.30. The van der Waals surface area contributed by atoms with Crippen molar-refractivity contribution >= 4 is 35.1 Å². The van der Waals surface area contributed by atoms with Crippen molar-refractivity contribution in [3.05, 3.63) is 64.2 Å². The lowest BCUT2D eigenvalue weighted by Gasteiger charge is -2.19. The van der Waals surface area contributed by atoms with Gasteiger partial charge in [-0.1, -0.05) is 44.1 Å². The molecule has 0 atom stereocenters. The minimum atomic E-state index is -0.649. The Morgan fingerprint density at radius 1 is 1.10 bits per heavy atom. The van der Waals surface area contributed by atoms with Crippen molar-refractivity contribution in [2.75, 3.05) is 17.2 Å². The lowest BCUT2D eigenvalue weighted by molar-refractivity contribution is -0.384. The minimum Gasteiger partial charge on any atom is -0.385 e. The normalized spacial score (nSPS) is 11.1. The second kappa shape index (κ2) is 9.45. The van der Waals surface area contributed by atoms with E-state index in [1.54, 1.807) is 12.1 Å². The highest BCUT2D eigenvalue weighted by Crippen LogP contribution is 2.23. The van der Waals surface area contributed by atoms with E-state index in [1.807, 2.05) is 12.1 Å². The lowest BCUT2D eigenvalue weighted by Crippen LogP contribution is -2.18. The average Bonchev–Trinajstić information content (AvgIpc) is 2.65. The summed E-state index contributed by atoms with van der Waals surface area (Å²) in [5, 5.41) is 19.2. The summed E-state index contributed by atoms with van der Waals surface area (Å²) in [4.78, 5) is 38.5. The van der Waals surface area contributed by atoms with Gasteiger partial charge in [-0.2, -0.15) is 0 Å². The van der Waals surface area contributed by atoms with Gasteiger partial charge in [0, 0.05) is 23.5 Å². The molecule has 152 valence electrons. The Kier molecular flexibility index (Phi) is 7.02. The van der Waals surface area contributed by atoms with Crippen molar-refractivity contribution in [3.63, 3.8) is 0 Å². The number of non-ortho nitro benzene ring substituents is 1. The highest BCUT2D eigenvalue weighted by atomic mass is 16.6. The number of hydrogen-bond donors (Lipinski definition) is 2. The maximum Gasteiger partial charge on any atom is 0.271 e. The number of nitro benzene ring substituents is 1. The molecule has 9 nitrogen and oxygen atoms in total. The number of nitrogens with zero attached hydrogens (tertiary/aromatic N) is 2. The molecule has 0 aromatic heterocycles. The molecule has 0 spiro atoms. The molecule has 9 heteroatoms. The summed E-state index contributed by atoms with van der Waals surface area (Å²) >= 11 is 0. The molecule has 0 unspecified atom stereocenters. The van der Waals surface area contributed by atoms with Gasteiger partial charge in [0.25, 0.3) is 17.5 Å². The maximum atomic E-state index is 11.9. The number of benzene rings is 2. The third kappa shape index (κ3) is 7.06. The van der Waals surface area contributed by atoms with E-state index in [0.717, 1.165) is 11.8 Å². The van der Waals surface area contributed by atoms with Gasteiger partial charge in [0.2, 0.25) is 0 Å². The molecule has 0 heterocycles. The first-order chi connectivity index (χ1) is 13.6. The third-order valence-electron chi connectivity index (χ3n) is 3.80. The molecular weight excluding hydrogens is 376 g/mol. The first kappa shape index (κ1) is 21.5. The molecule has 0 saturated heterocycles. The first-order valence-electron chi connectivity index (χ1n) is 8.76. The molecule has 2 aromatic carbocycles. The summed E-state index contributed by atoms with van der Waals surface area (Å²) in [5.74, 6) is -1.08. The van der Waals surface area contributed by atoms with Gasteiger partial charge >= 0.3 is 0 Å². The van der Waals surface area contributed by atoms with Crippen LogP contribution in [0.1, 0.15) is 26.3 Å². The first-order valence-corrected chi connectivity index (χ1v) is 8.76. The van der Waals surface area contributed by atoms with Crippen LogP contribution in [-0.4, -0.2) is 29.6 Å². The van der Waals surface area contributed by atoms with Crippen LogP contribution in [0.3, 0.4) is 0 Å². The number of amides is 2. The predicted molar refractivity (Wildman–Crippen MR) is 110 cm³/mol. The Bertz CT molecular complexity index is 917. The Hall–Kier alpha value is -3.75. The van der Waals surface area contributed by atoms with Crippen molar-refractivity contribution in [3.8, 4) is 0 Å². The summed E-state index contributed by atoms with van der Waals surface area (Å²) in [7, 11) is 0. The van der Waals surface area contributed by atoms with E-state index in [-0.39, 0.29) is 23.4 Å². The van der Waals surface area contributed by atoms with Gasteiger partial charge in [0.15, 0.2) is 6.61 Å². The summed E-state index contributed by atoms with van der Waals surface area (Å²) < 4.78 is 0. The highest BCUT2D eigenvalue weighted by Gasteiger charge is 2.13. The Labute approximate surface area is 167 Å². The second-order valence-corrected chi connectivity index (χ2v) is 7.18. The highest BCUT2D eigenvalue weighted by molar-refractivity contribution is 6.31. The number of anilines is 2. The number of carbonyl (C=O) groups is 2. The SMILES string of the molecule is CC(C)(C)c1ccc(NC(=O)CO/N=C\C(=O)Nc2cccc([N+](=O)[O-])c2)cc1. The summed E-state index contributed by atoms with van der Waals surface area (Å²) in [5.41, 5.74) is 1.88. The Morgan fingerprint density at radius 3 is 2.41 bits per heavy atom. The maximum absolute atomic E-state index is 11.9. The van der Waals surface area contributed by atoms with E-state index < -0.39 is 16.7 Å². The quantitative estimate of drug-likeness (QED) is 0.420. The van der Waals surface area contributed by atoms with Crippen LogP contribution in [0.2, 0.25) is 0 Å². The van der Waals surface area contributed by atoms with Crippen LogP contribution in [-0.2, 0) is 19.8 Å². The van der Waals surface area contributed by atoms with Crippen LogP contribution in [0.5, 0.6) is 0 Å². The molecule has 0 radical (unpaired) electrons. The largest absolute Gasteiger partial charge is 0.385 e. The predicted octanol–water partition coefficient (Wildman–Crippen LogP) is 3.47. The molecule has 2 amide bonds. The standard InChI is InChI=1S/C20H22N4O5/c1-20(2,3)14-7-9-15(10-8-14)22-19(26)13-29-21-12-18(25)23-16-5-4-6-17(11-16)24(27)28/h4-12H,13H2,1-3H3,(H,22,26)(H,23,25)/b21-12-. The van der Waals surface area contributed by atoms with Crippen LogP contribution < -0.4 is 10.6 Å². The van der Waals surface area contributed by atoms with Gasteiger partial charge in [0.05, 0.1) is 4.92 Å². The summed E-state index contributed by atoms with van der Waals surface area (Å²) in [6.45, 7) is 5.92. The number of nitro groups is 1. The second-order valence-electron chi connectivity index (χ2n) is 7.18. The third-order valence-corrected chi connectivity index (χ3v) is 3.80. The van der Waals surface area contributed by atoms with Crippen LogP contribution in [0.25, 0.3) is 0 Å². The van der Waals surface area contributed by atoms with E-state index in [0.29, 0.717) is 5.69 Å². The zero-order valence-corrected chi connectivity index (χ0v) is 16.3. The molecule has 0 saturated carbocycles. The van der Waals surface area contributed by atoms with Crippen molar-refractivity contribution < 1.29 is 19.3 Å². The fraction of sp³-hybridized carbons (Fsp3) is 0.250. The molecule has 2 rings (SSSR count). The molecule has 0 fully saturated rings. The van der Waals surface area contributed by atoms with Crippen molar-refractivity contribution in [2.24, 2.45) is 5.16 Å². The average molecular weight is 398 g/mol.